The van der Waals surface area contributed by atoms with Crippen LogP contribution in [0.5, 0.6) is 0 Å². The van der Waals surface area contributed by atoms with Crippen LogP contribution >= 0.6 is 22.0 Å². The Balaban J connectivity index is 2.26. The molecular weight excluding hydrogens is 300 g/mol. The average molecular weight is 318 g/mol. The van der Waals surface area contributed by atoms with E-state index in [2.05, 4.69) is 0 Å². The monoisotopic (exact) mass is 318 g/mol. The van der Waals surface area contributed by atoms with Crippen molar-refractivity contribution >= 4 is 42.9 Å². The lowest BCUT2D eigenvalue weighted by Crippen LogP contribution is -2.71. The van der Waals surface area contributed by atoms with Gasteiger partial charge in [0.2, 0.25) is 0 Å². The fourth-order valence-electron chi connectivity index (χ4n) is 1.94. The van der Waals surface area contributed by atoms with E-state index in [-0.39, 0.29) is 4.75 Å². The van der Waals surface area contributed by atoms with Gasteiger partial charge in [0.15, 0.2) is 0 Å². The van der Waals surface area contributed by atoms with Gasteiger partial charge in [0, 0.05) is 10.3 Å². The predicted octanol–water partition coefficient (Wildman–Crippen LogP) is 4.15. The van der Waals surface area contributed by atoms with Crippen LogP contribution in [0.3, 0.4) is 0 Å². The number of rotatable bonds is 1. The first kappa shape index (κ1) is 15.4. The minimum Gasteiger partial charge on any atom is -0.261 e. The second-order valence-electron chi connectivity index (χ2n) is 6.68. The van der Waals surface area contributed by atoms with Crippen molar-refractivity contribution in [1.29, 1.82) is 0 Å². The van der Waals surface area contributed by atoms with Crippen molar-refractivity contribution < 1.29 is 19.2 Å². The van der Waals surface area contributed by atoms with Crippen LogP contribution in [0.25, 0.3) is 0 Å². The Hall–Kier alpha value is -1.02. The Morgan fingerprint density at radius 2 is 1.20 bits per heavy atom. The standard InChI is InChI=1S/C12H18N2O4S2/c1-11(2,3)13-7(15)20(8(13)16)9(17)14(10(20)18)19-12(4,5)6/h1-6H3. The number of amides is 4. The Kier molecular flexibility index (Phi) is 3.08. The molecule has 6 nitrogen and oxygen atoms in total. The summed E-state index contributed by atoms with van der Waals surface area (Å²) in [7, 11) is -3.09. The topological polar surface area (TPSA) is 74.8 Å². The molecule has 0 aliphatic carbocycles. The number of carbonyl (C=O) groups excluding carboxylic acids is 4. The van der Waals surface area contributed by atoms with Crippen LogP contribution in [0.2, 0.25) is 0 Å². The van der Waals surface area contributed by atoms with Gasteiger partial charge in [0.1, 0.15) is 0 Å². The summed E-state index contributed by atoms with van der Waals surface area (Å²) in [5.74, 6) is 0. The van der Waals surface area contributed by atoms with E-state index in [0.29, 0.717) is 0 Å². The number of nitrogens with zero attached hydrogens (tertiary/aromatic N) is 2. The van der Waals surface area contributed by atoms with Gasteiger partial charge >= 0.3 is 10.5 Å². The normalized spacial score (nSPS) is 23.9. The maximum atomic E-state index is 12.2. The van der Waals surface area contributed by atoms with Crippen LogP contribution in [-0.4, -0.2) is 40.4 Å². The minimum absolute atomic E-state index is 0.341. The number of carbonyl (C=O) groups is 4. The molecule has 20 heavy (non-hydrogen) atoms. The van der Waals surface area contributed by atoms with Crippen LogP contribution in [0.1, 0.15) is 41.5 Å². The van der Waals surface area contributed by atoms with Gasteiger partial charge in [-0.3, -0.25) is 24.1 Å². The average Bonchev–Trinajstić information content (AvgIpc) is 2.23. The van der Waals surface area contributed by atoms with Crippen LogP contribution in [0, 0.1) is 0 Å². The third-order valence-electron chi connectivity index (χ3n) is 2.78. The van der Waals surface area contributed by atoms with Gasteiger partial charge in [-0.1, -0.05) is 0 Å². The van der Waals surface area contributed by atoms with Crippen molar-refractivity contribution in [2.45, 2.75) is 51.8 Å². The molecule has 8 heteroatoms. The Morgan fingerprint density at radius 1 is 0.800 bits per heavy atom. The molecule has 0 bridgehead atoms. The van der Waals surface area contributed by atoms with Crippen molar-refractivity contribution in [3.8, 4) is 0 Å². The van der Waals surface area contributed by atoms with E-state index in [4.69, 9.17) is 0 Å². The van der Waals surface area contributed by atoms with Crippen molar-refractivity contribution in [2.75, 3.05) is 0 Å². The highest BCUT2D eigenvalue weighted by molar-refractivity contribution is 8.77. The molecule has 4 amide bonds. The highest BCUT2D eigenvalue weighted by atomic mass is 32.3. The summed E-state index contributed by atoms with van der Waals surface area (Å²) in [6.07, 6.45) is 0. The smallest absolute Gasteiger partial charge is 0.261 e. The molecule has 1 spiro atoms. The van der Waals surface area contributed by atoms with Gasteiger partial charge in [-0.25, -0.2) is 4.31 Å². The Morgan fingerprint density at radius 3 is 1.50 bits per heavy atom. The van der Waals surface area contributed by atoms with Gasteiger partial charge in [-0.15, -0.1) is 0 Å². The SMILES string of the molecule is CC(C)(C)SN1C(=O)S2(C1=O)C(=O)N(C(C)(C)C)C2=O. The molecule has 0 aromatic carbocycles. The molecule has 0 saturated carbocycles. The molecule has 0 unspecified atom stereocenters. The first-order valence-electron chi connectivity index (χ1n) is 6.14. The zero-order valence-electron chi connectivity index (χ0n) is 12.3. The summed E-state index contributed by atoms with van der Waals surface area (Å²) in [4.78, 5) is 49.9. The highest BCUT2D eigenvalue weighted by Crippen LogP contribution is 2.72. The number of imide groups is 2. The molecular formula is C12H18N2O4S2. The molecule has 2 aliphatic rings. The molecule has 112 valence electrons. The zero-order valence-corrected chi connectivity index (χ0v) is 14.0. The molecule has 0 N–H and O–H groups in total. The Bertz CT molecular complexity index is 511. The number of hydrogen-bond donors (Lipinski definition) is 0. The summed E-state index contributed by atoms with van der Waals surface area (Å²) in [5.41, 5.74) is -0.704. The van der Waals surface area contributed by atoms with E-state index < -0.39 is 36.5 Å². The quantitative estimate of drug-likeness (QED) is 0.679. The van der Waals surface area contributed by atoms with Crippen molar-refractivity contribution in [2.24, 2.45) is 0 Å². The molecule has 2 saturated heterocycles. The summed E-state index contributed by atoms with van der Waals surface area (Å²) < 4.78 is 0.622. The first-order chi connectivity index (χ1) is 8.85. The molecule has 0 radical (unpaired) electrons. The first-order valence-corrected chi connectivity index (χ1v) is 8.54. The molecule has 2 heterocycles. The van der Waals surface area contributed by atoms with Gasteiger partial charge in [-0.2, -0.15) is 0 Å². The fourth-order valence-corrected chi connectivity index (χ4v) is 6.09. The van der Waals surface area contributed by atoms with Crippen LogP contribution in [-0.2, 0) is 0 Å². The van der Waals surface area contributed by atoms with Crippen LogP contribution in [0.15, 0.2) is 0 Å². The van der Waals surface area contributed by atoms with E-state index >= 15 is 0 Å². The van der Waals surface area contributed by atoms with E-state index in [1.807, 2.05) is 20.8 Å². The van der Waals surface area contributed by atoms with Gasteiger partial charge in [0.05, 0.1) is 10.0 Å². The lowest BCUT2D eigenvalue weighted by Gasteiger charge is -2.58. The molecule has 0 aromatic heterocycles. The third-order valence-corrected chi connectivity index (χ3v) is 6.90. The van der Waals surface area contributed by atoms with Gasteiger partial charge < -0.3 is 0 Å². The van der Waals surface area contributed by atoms with Gasteiger partial charge in [0.25, 0.3) is 10.5 Å². The zero-order chi connectivity index (χ0) is 15.7. The summed E-state index contributed by atoms with van der Waals surface area (Å²) in [6, 6.07) is 0. The highest BCUT2D eigenvalue weighted by Gasteiger charge is 2.78. The van der Waals surface area contributed by atoms with E-state index in [1.165, 1.54) is 0 Å². The van der Waals surface area contributed by atoms with Crippen molar-refractivity contribution in [1.82, 2.24) is 9.21 Å². The summed E-state index contributed by atoms with van der Waals surface area (Å²) in [5, 5.41) is -2.48. The van der Waals surface area contributed by atoms with Crippen LogP contribution in [0.4, 0.5) is 19.2 Å². The van der Waals surface area contributed by atoms with Crippen LogP contribution < -0.4 is 0 Å². The third kappa shape index (κ3) is 1.74. The minimum atomic E-state index is -3.09. The fraction of sp³-hybridized carbons (Fsp3) is 0.667. The van der Waals surface area contributed by atoms with E-state index in [0.717, 1.165) is 21.2 Å². The lowest BCUT2D eigenvalue weighted by atomic mass is 10.1. The predicted molar refractivity (Wildman–Crippen MR) is 80.0 cm³/mol. The number of hydrogen-bond acceptors (Lipinski definition) is 5. The largest absolute Gasteiger partial charge is 0.306 e. The second kappa shape index (κ2) is 4.00. The maximum Gasteiger partial charge on any atom is 0.306 e. The molecule has 0 aromatic rings. The summed E-state index contributed by atoms with van der Waals surface area (Å²) >= 11 is 1.06. The molecule has 2 aliphatic heterocycles. The maximum absolute atomic E-state index is 12.2. The van der Waals surface area contributed by atoms with Gasteiger partial charge in [-0.05, 0) is 53.5 Å². The van der Waals surface area contributed by atoms with Crippen molar-refractivity contribution in [3.63, 3.8) is 0 Å². The second-order valence-corrected chi connectivity index (χ2v) is 11.1. The lowest BCUT2D eigenvalue weighted by molar-refractivity contribution is 0.170. The Labute approximate surface area is 123 Å². The van der Waals surface area contributed by atoms with E-state index in [9.17, 15) is 19.2 Å². The van der Waals surface area contributed by atoms with Crippen molar-refractivity contribution in [3.05, 3.63) is 0 Å². The molecule has 2 fully saturated rings. The molecule has 0 atom stereocenters. The molecule has 2 rings (SSSR count). The summed E-state index contributed by atoms with van der Waals surface area (Å²) in [6.45, 7) is 10.7. The van der Waals surface area contributed by atoms with E-state index in [1.54, 1.807) is 20.8 Å².